The number of rotatable bonds is 3. The van der Waals surface area contributed by atoms with Crippen molar-refractivity contribution in [1.29, 1.82) is 0 Å². The number of hydrogen-bond acceptors (Lipinski definition) is 3. The van der Waals surface area contributed by atoms with Crippen LogP contribution in [0.5, 0.6) is 0 Å². The van der Waals surface area contributed by atoms with Crippen LogP contribution in [0.1, 0.15) is 33.6 Å². The molecule has 1 N–H and O–H groups in total. The smallest absolute Gasteiger partial charge is 0.242 e. The molecule has 0 unspecified atom stereocenters. The van der Waals surface area contributed by atoms with Crippen molar-refractivity contribution in [2.75, 3.05) is 39.3 Å². The van der Waals surface area contributed by atoms with Crippen LogP contribution in [0.2, 0.25) is 0 Å². The minimum absolute atomic E-state index is 0.296. The Morgan fingerprint density at radius 3 is 2.56 bits per heavy atom. The highest BCUT2D eigenvalue weighted by Crippen LogP contribution is 2.25. The molecule has 2 fully saturated rings. The van der Waals surface area contributed by atoms with Gasteiger partial charge in [-0.25, -0.2) is 0 Å². The zero-order valence-electron chi connectivity index (χ0n) is 12.0. The van der Waals surface area contributed by atoms with E-state index in [1.807, 2.05) is 4.90 Å². The number of carbonyl (C=O) groups is 1. The van der Waals surface area contributed by atoms with E-state index in [9.17, 15) is 4.79 Å². The van der Waals surface area contributed by atoms with E-state index in [0.29, 0.717) is 5.91 Å². The van der Waals surface area contributed by atoms with Crippen molar-refractivity contribution in [2.45, 2.75) is 39.2 Å². The number of likely N-dealkylation sites (N-methyl/N-ethyl adjacent to an activating group) is 1. The van der Waals surface area contributed by atoms with Gasteiger partial charge >= 0.3 is 0 Å². The second-order valence-electron chi connectivity index (χ2n) is 6.08. The zero-order chi connectivity index (χ0) is 13.2. The molecule has 2 rings (SSSR count). The third-order valence-electron chi connectivity index (χ3n) is 4.56. The molecule has 2 aliphatic heterocycles. The summed E-state index contributed by atoms with van der Waals surface area (Å²) in [6.07, 6.45) is 2.50. The van der Waals surface area contributed by atoms with Crippen LogP contribution in [0, 0.1) is 5.92 Å². The lowest BCUT2D eigenvalue weighted by Gasteiger charge is -2.47. The Hall–Kier alpha value is -0.610. The van der Waals surface area contributed by atoms with Gasteiger partial charge in [-0.3, -0.25) is 9.69 Å². The van der Waals surface area contributed by atoms with Gasteiger partial charge in [0.15, 0.2) is 0 Å². The first-order valence-corrected chi connectivity index (χ1v) is 7.31. The first-order chi connectivity index (χ1) is 8.55. The minimum atomic E-state index is -0.320. The van der Waals surface area contributed by atoms with Gasteiger partial charge in [0, 0.05) is 26.2 Å². The van der Waals surface area contributed by atoms with E-state index in [-0.39, 0.29) is 5.54 Å². The topological polar surface area (TPSA) is 35.6 Å². The molecule has 2 heterocycles. The number of carbonyl (C=O) groups excluding carboxylic acids is 1. The molecule has 4 heteroatoms. The summed E-state index contributed by atoms with van der Waals surface area (Å²) >= 11 is 0. The maximum atomic E-state index is 12.4. The molecule has 0 aromatic carbocycles. The summed E-state index contributed by atoms with van der Waals surface area (Å²) in [5, 5.41) is 3.40. The number of piperidine rings is 1. The van der Waals surface area contributed by atoms with Crippen molar-refractivity contribution < 1.29 is 4.79 Å². The normalized spacial score (nSPS) is 26.6. The summed E-state index contributed by atoms with van der Waals surface area (Å²) in [4.78, 5) is 16.8. The van der Waals surface area contributed by atoms with E-state index in [2.05, 4.69) is 31.0 Å². The van der Waals surface area contributed by atoms with Crippen molar-refractivity contribution in [1.82, 2.24) is 15.1 Å². The number of nitrogens with zero attached hydrogens (tertiary/aromatic N) is 2. The fourth-order valence-electron chi connectivity index (χ4n) is 3.14. The summed E-state index contributed by atoms with van der Waals surface area (Å²) in [6.45, 7) is 12.3. The Bertz CT molecular complexity index is 297. The molecule has 2 saturated heterocycles. The average Bonchev–Trinajstić information content (AvgIpc) is 2.37. The minimum Gasteiger partial charge on any atom is -0.340 e. The van der Waals surface area contributed by atoms with Crippen molar-refractivity contribution in [3.63, 3.8) is 0 Å². The molecule has 0 aromatic rings. The molecule has 2 aliphatic rings. The van der Waals surface area contributed by atoms with Crippen LogP contribution in [-0.4, -0.2) is 60.5 Å². The monoisotopic (exact) mass is 253 g/mol. The SMILES string of the molecule is CCN1CCN(CC2CCNCC2)C(C)(C)C1=O. The molecule has 0 aromatic heterocycles. The lowest BCUT2D eigenvalue weighted by Crippen LogP contribution is -2.63. The van der Waals surface area contributed by atoms with E-state index in [1.165, 1.54) is 12.8 Å². The average molecular weight is 253 g/mol. The maximum Gasteiger partial charge on any atom is 0.242 e. The first-order valence-electron chi connectivity index (χ1n) is 7.31. The van der Waals surface area contributed by atoms with Gasteiger partial charge in [-0.2, -0.15) is 0 Å². The number of hydrogen-bond donors (Lipinski definition) is 1. The van der Waals surface area contributed by atoms with Crippen LogP contribution in [0.15, 0.2) is 0 Å². The van der Waals surface area contributed by atoms with Gasteiger partial charge in [-0.05, 0) is 52.6 Å². The molecule has 0 radical (unpaired) electrons. The molecule has 0 saturated carbocycles. The van der Waals surface area contributed by atoms with E-state index < -0.39 is 0 Å². The van der Waals surface area contributed by atoms with Gasteiger partial charge in [-0.15, -0.1) is 0 Å². The highest BCUT2D eigenvalue weighted by atomic mass is 16.2. The van der Waals surface area contributed by atoms with Crippen LogP contribution >= 0.6 is 0 Å². The van der Waals surface area contributed by atoms with Crippen LogP contribution < -0.4 is 5.32 Å². The molecule has 0 bridgehead atoms. The van der Waals surface area contributed by atoms with Crippen molar-refractivity contribution in [3.05, 3.63) is 0 Å². The van der Waals surface area contributed by atoms with Gasteiger partial charge < -0.3 is 10.2 Å². The standard InChI is InChI=1S/C14H27N3O/c1-4-16-9-10-17(14(2,3)13(16)18)11-12-5-7-15-8-6-12/h12,15H,4-11H2,1-3H3. The van der Waals surface area contributed by atoms with Crippen LogP contribution in [-0.2, 0) is 4.79 Å². The summed E-state index contributed by atoms with van der Waals surface area (Å²) in [5.41, 5.74) is -0.320. The van der Waals surface area contributed by atoms with E-state index in [1.54, 1.807) is 0 Å². The van der Waals surface area contributed by atoms with Gasteiger partial charge in [0.1, 0.15) is 0 Å². The molecule has 18 heavy (non-hydrogen) atoms. The zero-order valence-corrected chi connectivity index (χ0v) is 12.0. The second-order valence-corrected chi connectivity index (χ2v) is 6.08. The first kappa shape index (κ1) is 13.8. The molecule has 1 amide bonds. The molecule has 4 nitrogen and oxygen atoms in total. The summed E-state index contributed by atoms with van der Waals surface area (Å²) in [7, 11) is 0. The Kier molecular flexibility index (Phi) is 4.28. The third-order valence-corrected chi connectivity index (χ3v) is 4.56. The van der Waals surface area contributed by atoms with Crippen LogP contribution in [0.25, 0.3) is 0 Å². The predicted octanol–water partition coefficient (Wildman–Crippen LogP) is 0.929. The van der Waals surface area contributed by atoms with E-state index in [4.69, 9.17) is 0 Å². The van der Waals surface area contributed by atoms with E-state index >= 15 is 0 Å². The maximum absolute atomic E-state index is 12.4. The van der Waals surface area contributed by atoms with Crippen molar-refractivity contribution in [2.24, 2.45) is 5.92 Å². The highest BCUT2D eigenvalue weighted by Gasteiger charge is 2.41. The van der Waals surface area contributed by atoms with Crippen molar-refractivity contribution in [3.8, 4) is 0 Å². The highest BCUT2D eigenvalue weighted by molar-refractivity contribution is 5.86. The largest absolute Gasteiger partial charge is 0.340 e. The summed E-state index contributed by atoms with van der Waals surface area (Å²) < 4.78 is 0. The molecule has 0 atom stereocenters. The van der Waals surface area contributed by atoms with Crippen molar-refractivity contribution >= 4 is 5.91 Å². The van der Waals surface area contributed by atoms with Gasteiger partial charge in [0.2, 0.25) is 5.91 Å². The molecule has 104 valence electrons. The Balaban J connectivity index is 1.98. The number of amides is 1. The van der Waals surface area contributed by atoms with Gasteiger partial charge in [-0.1, -0.05) is 0 Å². The molecule has 0 spiro atoms. The second kappa shape index (κ2) is 5.57. The lowest BCUT2D eigenvalue weighted by atomic mass is 9.92. The summed E-state index contributed by atoms with van der Waals surface area (Å²) in [6, 6.07) is 0. The molecular weight excluding hydrogens is 226 g/mol. The van der Waals surface area contributed by atoms with Gasteiger partial charge in [0.25, 0.3) is 0 Å². The quantitative estimate of drug-likeness (QED) is 0.813. The fraction of sp³-hybridized carbons (Fsp3) is 0.929. The predicted molar refractivity (Wildman–Crippen MR) is 73.5 cm³/mol. The molecule has 0 aliphatic carbocycles. The Labute approximate surface area is 111 Å². The van der Waals surface area contributed by atoms with E-state index in [0.717, 1.165) is 45.2 Å². The third kappa shape index (κ3) is 2.69. The van der Waals surface area contributed by atoms with Crippen LogP contribution in [0.4, 0.5) is 0 Å². The lowest BCUT2D eigenvalue weighted by molar-refractivity contribution is -0.149. The van der Waals surface area contributed by atoms with Gasteiger partial charge in [0.05, 0.1) is 5.54 Å². The fourth-order valence-corrected chi connectivity index (χ4v) is 3.14. The number of nitrogens with one attached hydrogen (secondary N) is 1. The van der Waals surface area contributed by atoms with Crippen LogP contribution in [0.3, 0.4) is 0 Å². The summed E-state index contributed by atoms with van der Waals surface area (Å²) in [5.74, 6) is 1.05. The Morgan fingerprint density at radius 2 is 1.94 bits per heavy atom. The molecular formula is C14H27N3O. The Morgan fingerprint density at radius 1 is 1.28 bits per heavy atom. The number of piperazine rings is 1.